The van der Waals surface area contributed by atoms with Crippen LogP contribution in [0.25, 0.3) is 0 Å². The first kappa shape index (κ1) is 15.2. The Morgan fingerprint density at radius 1 is 1.50 bits per heavy atom. The average Bonchev–Trinajstić information content (AvgIpc) is 2.24. The molecule has 1 aliphatic carbocycles. The van der Waals surface area contributed by atoms with Gasteiger partial charge in [0, 0.05) is 18.9 Å². The van der Waals surface area contributed by atoms with Crippen LogP contribution < -0.4 is 11.1 Å². The molecule has 0 bridgehead atoms. The number of aliphatic imine (C=N–C) groups is 1. The summed E-state index contributed by atoms with van der Waals surface area (Å²) in [5, 5.41) is 3.18. The second-order valence-corrected chi connectivity index (χ2v) is 4.75. The van der Waals surface area contributed by atoms with Crippen molar-refractivity contribution in [3.8, 4) is 0 Å². The third-order valence-electron chi connectivity index (χ3n) is 3.16. The lowest BCUT2D eigenvalue weighted by Crippen LogP contribution is -2.37. The Morgan fingerprint density at radius 2 is 2.28 bits per heavy atom. The van der Waals surface area contributed by atoms with Crippen molar-refractivity contribution in [2.75, 3.05) is 6.54 Å². The number of rotatable bonds is 4. The van der Waals surface area contributed by atoms with Crippen LogP contribution in [0.2, 0.25) is 0 Å². The number of aryl methyl sites for hydroxylation is 1. The molecular formula is C13H21IN4. The maximum atomic E-state index is 5.81. The van der Waals surface area contributed by atoms with Gasteiger partial charge in [0.2, 0.25) is 0 Å². The van der Waals surface area contributed by atoms with Crippen molar-refractivity contribution in [1.82, 2.24) is 10.3 Å². The van der Waals surface area contributed by atoms with E-state index in [1.165, 1.54) is 19.3 Å². The molecule has 3 N–H and O–H groups in total. The molecule has 1 aromatic heterocycles. The zero-order chi connectivity index (χ0) is 12.1. The number of halogens is 1. The Bertz CT molecular complexity index is 402. The van der Waals surface area contributed by atoms with Gasteiger partial charge in [0.05, 0.1) is 6.54 Å². The first-order chi connectivity index (χ1) is 8.24. The van der Waals surface area contributed by atoms with Crippen molar-refractivity contribution < 1.29 is 0 Å². The molecular weight excluding hydrogens is 339 g/mol. The van der Waals surface area contributed by atoms with E-state index in [4.69, 9.17) is 5.73 Å². The maximum Gasteiger partial charge on any atom is 0.188 e. The van der Waals surface area contributed by atoms with Gasteiger partial charge in [-0.1, -0.05) is 12.5 Å². The first-order valence-electron chi connectivity index (χ1n) is 6.18. The molecule has 0 amide bonds. The van der Waals surface area contributed by atoms with Crippen LogP contribution in [0.1, 0.15) is 30.4 Å². The third kappa shape index (κ3) is 4.80. The summed E-state index contributed by atoms with van der Waals surface area (Å²) in [6.07, 6.45) is 7.67. The molecule has 1 saturated carbocycles. The van der Waals surface area contributed by atoms with Crippen LogP contribution in [0, 0.1) is 12.8 Å². The topological polar surface area (TPSA) is 63.3 Å². The summed E-state index contributed by atoms with van der Waals surface area (Å²) in [5.41, 5.74) is 8.05. The molecule has 100 valence electrons. The molecule has 0 spiro atoms. The fourth-order valence-corrected chi connectivity index (χ4v) is 1.88. The smallest absolute Gasteiger partial charge is 0.188 e. The summed E-state index contributed by atoms with van der Waals surface area (Å²) in [4.78, 5) is 8.44. The van der Waals surface area contributed by atoms with Crippen LogP contribution in [-0.2, 0) is 6.54 Å². The number of hydrogen-bond donors (Lipinski definition) is 2. The van der Waals surface area contributed by atoms with Crippen molar-refractivity contribution in [1.29, 1.82) is 0 Å². The molecule has 18 heavy (non-hydrogen) atoms. The van der Waals surface area contributed by atoms with Gasteiger partial charge in [0.25, 0.3) is 0 Å². The summed E-state index contributed by atoms with van der Waals surface area (Å²) in [6, 6.07) is 2.08. The van der Waals surface area contributed by atoms with Gasteiger partial charge >= 0.3 is 0 Å². The van der Waals surface area contributed by atoms with Gasteiger partial charge in [0.1, 0.15) is 0 Å². The minimum Gasteiger partial charge on any atom is -0.370 e. The Balaban J connectivity index is 0.00000162. The fourth-order valence-electron chi connectivity index (χ4n) is 1.88. The molecule has 0 aliphatic heterocycles. The zero-order valence-corrected chi connectivity index (χ0v) is 13.1. The normalized spacial score (nSPS) is 15.7. The van der Waals surface area contributed by atoms with Gasteiger partial charge in [-0.25, -0.2) is 4.99 Å². The molecule has 0 saturated heterocycles. The van der Waals surface area contributed by atoms with Crippen LogP contribution in [0.15, 0.2) is 23.5 Å². The van der Waals surface area contributed by atoms with Crippen LogP contribution in [0.3, 0.4) is 0 Å². The minimum atomic E-state index is 0. The highest BCUT2D eigenvalue weighted by Gasteiger charge is 2.16. The van der Waals surface area contributed by atoms with Crippen LogP contribution in [0.4, 0.5) is 0 Å². The minimum absolute atomic E-state index is 0. The Morgan fingerprint density at radius 3 is 2.89 bits per heavy atom. The van der Waals surface area contributed by atoms with Crippen molar-refractivity contribution in [3.05, 3.63) is 29.6 Å². The SMILES string of the molecule is Cc1cncc(CN=C(N)NCC2CCC2)c1.I. The van der Waals surface area contributed by atoms with E-state index < -0.39 is 0 Å². The molecule has 2 rings (SSSR count). The Labute approximate surface area is 125 Å². The average molecular weight is 360 g/mol. The monoisotopic (exact) mass is 360 g/mol. The highest BCUT2D eigenvalue weighted by atomic mass is 127. The molecule has 0 atom stereocenters. The molecule has 5 heteroatoms. The molecule has 1 aromatic rings. The van der Waals surface area contributed by atoms with E-state index >= 15 is 0 Å². The molecule has 0 radical (unpaired) electrons. The van der Waals surface area contributed by atoms with Crippen molar-refractivity contribution in [2.24, 2.45) is 16.6 Å². The number of hydrogen-bond acceptors (Lipinski definition) is 2. The van der Waals surface area contributed by atoms with E-state index in [1.54, 1.807) is 0 Å². The van der Waals surface area contributed by atoms with E-state index in [0.29, 0.717) is 12.5 Å². The summed E-state index contributed by atoms with van der Waals surface area (Å²) < 4.78 is 0. The van der Waals surface area contributed by atoms with Crippen molar-refractivity contribution >= 4 is 29.9 Å². The van der Waals surface area contributed by atoms with E-state index in [-0.39, 0.29) is 24.0 Å². The van der Waals surface area contributed by atoms with Gasteiger partial charge in [-0.2, -0.15) is 0 Å². The highest BCUT2D eigenvalue weighted by molar-refractivity contribution is 14.0. The molecule has 4 nitrogen and oxygen atoms in total. The lowest BCUT2D eigenvalue weighted by Gasteiger charge is -2.25. The Kier molecular flexibility index (Phi) is 6.38. The molecule has 1 heterocycles. The van der Waals surface area contributed by atoms with Gasteiger partial charge < -0.3 is 11.1 Å². The van der Waals surface area contributed by atoms with Crippen LogP contribution in [-0.4, -0.2) is 17.5 Å². The predicted octanol–water partition coefficient (Wildman–Crippen LogP) is 2.21. The van der Waals surface area contributed by atoms with Gasteiger partial charge in [-0.05, 0) is 36.8 Å². The fraction of sp³-hybridized carbons (Fsp3) is 0.538. The van der Waals surface area contributed by atoms with Gasteiger partial charge in [-0.3, -0.25) is 4.98 Å². The summed E-state index contributed by atoms with van der Waals surface area (Å²) in [6.45, 7) is 3.58. The van der Waals surface area contributed by atoms with Crippen LogP contribution in [0.5, 0.6) is 0 Å². The van der Waals surface area contributed by atoms with Crippen molar-refractivity contribution in [2.45, 2.75) is 32.7 Å². The zero-order valence-electron chi connectivity index (χ0n) is 10.7. The number of nitrogens with two attached hydrogens (primary N) is 1. The van der Waals surface area contributed by atoms with Gasteiger partial charge in [0.15, 0.2) is 5.96 Å². The number of pyridine rings is 1. The molecule has 0 unspecified atom stereocenters. The number of aromatic nitrogens is 1. The summed E-state index contributed by atoms with van der Waals surface area (Å²) in [5.74, 6) is 1.34. The van der Waals surface area contributed by atoms with E-state index in [9.17, 15) is 0 Å². The molecule has 0 aromatic carbocycles. The third-order valence-corrected chi connectivity index (χ3v) is 3.16. The second-order valence-electron chi connectivity index (χ2n) is 4.75. The van der Waals surface area contributed by atoms with E-state index in [1.807, 2.05) is 19.3 Å². The van der Waals surface area contributed by atoms with E-state index in [2.05, 4.69) is 21.4 Å². The molecule has 1 fully saturated rings. The predicted molar refractivity (Wildman–Crippen MR) is 85.1 cm³/mol. The maximum absolute atomic E-state index is 5.81. The first-order valence-corrected chi connectivity index (χ1v) is 6.18. The number of nitrogens with zero attached hydrogens (tertiary/aromatic N) is 2. The quantitative estimate of drug-likeness (QED) is 0.492. The standard InChI is InChI=1S/C13H20N4.HI/c1-10-5-12(7-15-6-10)9-17-13(14)16-8-11-3-2-4-11;/h5-7,11H,2-4,8-9H2,1H3,(H3,14,16,17);1H. The lowest BCUT2D eigenvalue weighted by atomic mass is 9.85. The van der Waals surface area contributed by atoms with Crippen molar-refractivity contribution in [3.63, 3.8) is 0 Å². The molecule has 1 aliphatic rings. The Hall–Kier alpha value is -0.850. The summed E-state index contributed by atoms with van der Waals surface area (Å²) in [7, 11) is 0. The largest absolute Gasteiger partial charge is 0.370 e. The highest BCUT2D eigenvalue weighted by Crippen LogP contribution is 2.24. The van der Waals surface area contributed by atoms with Gasteiger partial charge in [-0.15, -0.1) is 24.0 Å². The number of nitrogens with one attached hydrogen (secondary N) is 1. The number of guanidine groups is 1. The second kappa shape index (κ2) is 7.56. The lowest BCUT2D eigenvalue weighted by molar-refractivity contribution is 0.315. The summed E-state index contributed by atoms with van der Waals surface area (Å²) >= 11 is 0. The van der Waals surface area contributed by atoms with E-state index in [0.717, 1.165) is 23.6 Å². The van der Waals surface area contributed by atoms with Crippen LogP contribution >= 0.6 is 24.0 Å².